The molecule has 0 fully saturated rings. The summed E-state index contributed by atoms with van der Waals surface area (Å²) < 4.78 is 3.56. The Hall–Kier alpha value is -2.31. The molecule has 3 rings (SSSR count). The van der Waals surface area contributed by atoms with Crippen molar-refractivity contribution in [1.29, 1.82) is 0 Å². The molecule has 0 bridgehead atoms. The van der Waals surface area contributed by atoms with Crippen LogP contribution in [-0.4, -0.2) is 25.5 Å². The Morgan fingerprint density at radius 1 is 1.07 bits per heavy atom. The maximum atomic E-state index is 12.4. The van der Waals surface area contributed by atoms with E-state index in [0.29, 0.717) is 29.6 Å². The zero-order chi connectivity index (χ0) is 19.6. The van der Waals surface area contributed by atoms with Crippen molar-refractivity contribution in [2.75, 3.05) is 5.32 Å². The van der Waals surface area contributed by atoms with Gasteiger partial charge in [-0.05, 0) is 38.5 Å². The van der Waals surface area contributed by atoms with Crippen molar-refractivity contribution in [3.63, 3.8) is 0 Å². The van der Waals surface area contributed by atoms with Crippen LogP contribution >= 0.6 is 23.2 Å². The van der Waals surface area contributed by atoms with Gasteiger partial charge in [-0.2, -0.15) is 10.2 Å². The number of nitrogens with one attached hydrogen (secondary N) is 1. The number of anilines is 1. The first-order valence-electron chi connectivity index (χ1n) is 8.61. The van der Waals surface area contributed by atoms with Gasteiger partial charge in [-0.1, -0.05) is 35.3 Å². The van der Waals surface area contributed by atoms with E-state index >= 15 is 0 Å². The molecule has 1 aromatic carbocycles. The molecule has 0 aliphatic heterocycles. The number of benzene rings is 1. The zero-order valence-corrected chi connectivity index (χ0v) is 17.0. The number of nitrogens with zero attached hydrogens (tertiary/aromatic N) is 4. The summed E-state index contributed by atoms with van der Waals surface area (Å²) in [6, 6.07) is 7.64. The highest BCUT2D eigenvalue weighted by molar-refractivity contribution is 6.31. The maximum Gasteiger partial charge on any atom is 0.226 e. The monoisotopic (exact) mass is 405 g/mol. The van der Waals surface area contributed by atoms with Gasteiger partial charge in [0.1, 0.15) is 0 Å². The molecular formula is C19H21Cl2N5O. The predicted octanol–water partition coefficient (Wildman–Crippen LogP) is 4.39. The van der Waals surface area contributed by atoms with Crippen molar-refractivity contribution in [2.24, 2.45) is 0 Å². The van der Waals surface area contributed by atoms with Gasteiger partial charge in [0.2, 0.25) is 5.91 Å². The molecule has 0 aliphatic rings. The van der Waals surface area contributed by atoms with E-state index < -0.39 is 0 Å². The van der Waals surface area contributed by atoms with Crippen LogP contribution in [-0.2, 0) is 17.9 Å². The maximum absolute atomic E-state index is 12.4. The average Bonchev–Trinajstić information content (AvgIpc) is 3.08. The highest BCUT2D eigenvalue weighted by atomic mass is 35.5. The number of amides is 1. The van der Waals surface area contributed by atoms with Gasteiger partial charge in [-0.25, -0.2) is 0 Å². The molecule has 0 atom stereocenters. The largest absolute Gasteiger partial charge is 0.323 e. The molecule has 8 heteroatoms. The lowest BCUT2D eigenvalue weighted by Crippen LogP contribution is -2.16. The molecule has 1 N–H and O–H groups in total. The molecule has 0 aliphatic carbocycles. The Bertz CT molecular complexity index is 940. The summed E-state index contributed by atoms with van der Waals surface area (Å²) >= 11 is 11.9. The Labute approximate surface area is 168 Å². The summed E-state index contributed by atoms with van der Waals surface area (Å²) in [6.07, 6.45) is 2.03. The lowest BCUT2D eigenvalue weighted by Gasteiger charge is -2.08. The van der Waals surface area contributed by atoms with Gasteiger partial charge in [0.05, 0.1) is 34.3 Å². The van der Waals surface area contributed by atoms with Gasteiger partial charge in [0.25, 0.3) is 0 Å². The first-order valence-corrected chi connectivity index (χ1v) is 9.37. The summed E-state index contributed by atoms with van der Waals surface area (Å²) in [5.74, 6) is -0.0866. The van der Waals surface area contributed by atoms with Gasteiger partial charge >= 0.3 is 0 Å². The van der Waals surface area contributed by atoms with E-state index in [0.717, 1.165) is 28.3 Å². The first kappa shape index (κ1) is 19.5. The van der Waals surface area contributed by atoms with Crippen LogP contribution < -0.4 is 5.32 Å². The third kappa shape index (κ3) is 4.70. The third-order valence-electron chi connectivity index (χ3n) is 4.35. The van der Waals surface area contributed by atoms with E-state index in [2.05, 4.69) is 15.5 Å². The number of carbonyl (C=O) groups is 1. The normalized spacial score (nSPS) is 11.0. The molecule has 2 aromatic heterocycles. The van der Waals surface area contributed by atoms with Crippen molar-refractivity contribution < 1.29 is 4.79 Å². The quantitative estimate of drug-likeness (QED) is 0.661. The Morgan fingerprint density at radius 2 is 1.78 bits per heavy atom. The molecule has 1 amide bonds. The lowest BCUT2D eigenvalue weighted by molar-refractivity contribution is -0.116. The van der Waals surface area contributed by atoms with Crippen LogP contribution in [0.2, 0.25) is 10.0 Å². The van der Waals surface area contributed by atoms with E-state index in [1.54, 1.807) is 10.9 Å². The number of halogens is 2. The van der Waals surface area contributed by atoms with Crippen LogP contribution in [0.15, 0.2) is 30.5 Å². The molecule has 0 unspecified atom stereocenters. The second-order valence-electron chi connectivity index (χ2n) is 6.45. The summed E-state index contributed by atoms with van der Waals surface area (Å²) in [7, 11) is 0. The summed E-state index contributed by atoms with van der Waals surface area (Å²) in [5, 5.41) is 13.1. The van der Waals surface area contributed by atoms with Crippen LogP contribution in [0.3, 0.4) is 0 Å². The molecule has 0 spiro atoms. The van der Waals surface area contributed by atoms with Crippen molar-refractivity contribution in [3.8, 4) is 0 Å². The Kier molecular flexibility index (Phi) is 5.87. The highest BCUT2D eigenvalue weighted by Gasteiger charge is 2.15. The van der Waals surface area contributed by atoms with Crippen molar-refractivity contribution in [1.82, 2.24) is 19.6 Å². The second-order valence-corrected chi connectivity index (χ2v) is 7.30. The lowest BCUT2D eigenvalue weighted by atomic mass is 10.2. The summed E-state index contributed by atoms with van der Waals surface area (Å²) in [6.45, 7) is 6.75. The van der Waals surface area contributed by atoms with Crippen LogP contribution in [0, 0.1) is 20.8 Å². The Morgan fingerprint density at radius 3 is 2.41 bits per heavy atom. The summed E-state index contributed by atoms with van der Waals surface area (Å²) in [5.41, 5.74) is 4.30. The molecule has 3 aromatic rings. The van der Waals surface area contributed by atoms with Gasteiger partial charge < -0.3 is 5.32 Å². The van der Waals surface area contributed by atoms with Crippen LogP contribution in [0.25, 0.3) is 0 Å². The number of aromatic nitrogens is 4. The van der Waals surface area contributed by atoms with E-state index in [1.165, 1.54) is 0 Å². The number of hydrogen-bond donors (Lipinski definition) is 1. The molecule has 0 saturated carbocycles. The fourth-order valence-corrected chi connectivity index (χ4v) is 3.10. The number of rotatable bonds is 6. The van der Waals surface area contributed by atoms with Crippen LogP contribution in [0.1, 0.15) is 29.1 Å². The molecule has 0 saturated heterocycles. The number of aryl methyl sites for hydroxylation is 3. The molecule has 142 valence electrons. The van der Waals surface area contributed by atoms with Gasteiger partial charge in [-0.15, -0.1) is 0 Å². The van der Waals surface area contributed by atoms with Gasteiger partial charge in [0, 0.05) is 24.2 Å². The van der Waals surface area contributed by atoms with Gasteiger partial charge in [-0.3, -0.25) is 14.2 Å². The van der Waals surface area contributed by atoms with Crippen LogP contribution in [0.4, 0.5) is 5.69 Å². The van der Waals surface area contributed by atoms with E-state index in [1.807, 2.05) is 49.7 Å². The average molecular weight is 406 g/mol. The minimum atomic E-state index is -0.0866. The van der Waals surface area contributed by atoms with Gasteiger partial charge in [0.15, 0.2) is 0 Å². The van der Waals surface area contributed by atoms with Crippen molar-refractivity contribution in [3.05, 3.63) is 63.2 Å². The molecule has 6 nitrogen and oxygen atoms in total. The SMILES string of the molecule is Cc1nn(CCC(=O)Nc2c(C)nn(Cc3ccc(Cl)cc3)c2C)cc1Cl. The van der Waals surface area contributed by atoms with E-state index in [4.69, 9.17) is 23.2 Å². The molecular weight excluding hydrogens is 385 g/mol. The fraction of sp³-hybridized carbons (Fsp3) is 0.316. The summed E-state index contributed by atoms with van der Waals surface area (Å²) in [4.78, 5) is 12.4. The molecule has 27 heavy (non-hydrogen) atoms. The van der Waals surface area contributed by atoms with Crippen LogP contribution in [0.5, 0.6) is 0 Å². The molecule has 0 radical (unpaired) electrons. The fourth-order valence-electron chi connectivity index (χ4n) is 2.82. The standard InChI is InChI=1S/C19H21Cl2N5O/c1-12-17(21)11-25(23-12)9-8-18(27)22-19-13(2)24-26(14(19)3)10-15-4-6-16(20)7-5-15/h4-7,11H,8-10H2,1-3H3,(H,22,27). The smallest absolute Gasteiger partial charge is 0.226 e. The zero-order valence-electron chi connectivity index (χ0n) is 15.5. The molecule has 2 heterocycles. The number of hydrogen-bond acceptors (Lipinski definition) is 3. The Balaban J connectivity index is 1.65. The minimum Gasteiger partial charge on any atom is -0.323 e. The highest BCUT2D eigenvalue weighted by Crippen LogP contribution is 2.21. The second kappa shape index (κ2) is 8.15. The number of carbonyl (C=O) groups excluding carboxylic acids is 1. The first-order chi connectivity index (χ1) is 12.8. The van der Waals surface area contributed by atoms with E-state index in [9.17, 15) is 4.79 Å². The van der Waals surface area contributed by atoms with Crippen molar-refractivity contribution >= 4 is 34.8 Å². The minimum absolute atomic E-state index is 0.0866. The topological polar surface area (TPSA) is 64.7 Å². The third-order valence-corrected chi connectivity index (χ3v) is 4.97. The van der Waals surface area contributed by atoms with Crippen molar-refractivity contribution in [2.45, 2.75) is 40.3 Å². The predicted molar refractivity (Wildman–Crippen MR) is 107 cm³/mol. The van der Waals surface area contributed by atoms with E-state index in [-0.39, 0.29) is 5.91 Å².